The topological polar surface area (TPSA) is 67.6 Å². The van der Waals surface area contributed by atoms with E-state index in [0.29, 0.717) is 28.4 Å². The van der Waals surface area contributed by atoms with Crippen molar-refractivity contribution in [2.45, 2.75) is 0 Å². The molecule has 1 aromatic heterocycles. The molecular formula is C23H21N3O3. The van der Waals surface area contributed by atoms with Crippen LogP contribution >= 0.6 is 0 Å². The number of hydrogen-bond donors (Lipinski definition) is 1. The number of para-hydroxylation sites is 1. The number of hydrogen-bond acceptors (Lipinski definition) is 5. The maximum absolute atomic E-state index is 12.2. The van der Waals surface area contributed by atoms with Gasteiger partial charge in [-0.05, 0) is 54.6 Å². The third-order valence-corrected chi connectivity index (χ3v) is 4.42. The second-order valence-corrected chi connectivity index (χ2v) is 6.79. The predicted molar refractivity (Wildman–Crippen MR) is 114 cm³/mol. The highest BCUT2D eigenvalue weighted by Gasteiger charge is 2.11. The molecule has 0 saturated carbocycles. The van der Waals surface area contributed by atoms with E-state index in [1.807, 2.05) is 61.5 Å². The van der Waals surface area contributed by atoms with E-state index < -0.39 is 0 Å². The van der Waals surface area contributed by atoms with Crippen LogP contribution in [-0.2, 0) is 4.79 Å². The van der Waals surface area contributed by atoms with E-state index in [1.54, 1.807) is 30.3 Å². The molecule has 0 aliphatic carbocycles. The van der Waals surface area contributed by atoms with Crippen LogP contribution in [0.4, 0.5) is 11.4 Å². The Hall–Kier alpha value is -3.80. The first kappa shape index (κ1) is 18.6. The Morgan fingerprint density at radius 1 is 1.03 bits per heavy atom. The number of carbonyl (C=O) groups is 1. The van der Waals surface area contributed by atoms with Gasteiger partial charge in [-0.3, -0.25) is 4.79 Å². The number of aromatic nitrogens is 1. The quantitative estimate of drug-likeness (QED) is 0.525. The van der Waals surface area contributed by atoms with Gasteiger partial charge in [-0.1, -0.05) is 18.2 Å². The van der Waals surface area contributed by atoms with Gasteiger partial charge in [0.15, 0.2) is 12.2 Å². The van der Waals surface area contributed by atoms with Crippen molar-refractivity contribution in [3.63, 3.8) is 0 Å². The summed E-state index contributed by atoms with van der Waals surface area (Å²) in [6, 6.07) is 22.6. The largest absolute Gasteiger partial charge is 0.484 e. The van der Waals surface area contributed by atoms with Crippen molar-refractivity contribution in [3.8, 4) is 17.2 Å². The molecule has 6 nitrogen and oxygen atoms in total. The number of amides is 1. The molecule has 0 saturated heterocycles. The molecule has 0 unspecified atom stereocenters. The molecule has 1 heterocycles. The van der Waals surface area contributed by atoms with Crippen LogP contribution in [0, 0.1) is 0 Å². The zero-order valence-corrected chi connectivity index (χ0v) is 16.3. The van der Waals surface area contributed by atoms with Gasteiger partial charge in [0.25, 0.3) is 5.91 Å². The summed E-state index contributed by atoms with van der Waals surface area (Å²) in [5.74, 6) is 0.955. The number of anilines is 2. The maximum Gasteiger partial charge on any atom is 0.262 e. The van der Waals surface area contributed by atoms with Crippen LogP contribution in [-0.4, -0.2) is 31.6 Å². The number of benzene rings is 3. The Morgan fingerprint density at radius 3 is 2.52 bits per heavy atom. The maximum atomic E-state index is 12.2. The number of nitrogens with zero attached hydrogens (tertiary/aromatic N) is 2. The summed E-state index contributed by atoms with van der Waals surface area (Å²) in [5.41, 5.74) is 3.98. The van der Waals surface area contributed by atoms with Crippen LogP contribution in [0.25, 0.3) is 22.6 Å². The van der Waals surface area contributed by atoms with Crippen molar-refractivity contribution >= 4 is 28.4 Å². The summed E-state index contributed by atoms with van der Waals surface area (Å²) in [5, 5.41) is 2.82. The van der Waals surface area contributed by atoms with Gasteiger partial charge < -0.3 is 19.4 Å². The molecule has 0 aliphatic heterocycles. The van der Waals surface area contributed by atoms with Gasteiger partial charge >= 0.3 is 0 Å². The standard InChI is InChI=1S/C23H21N3O3/c1-26(2)18-11-8-16(9-12-18)23-25-20-14-17(10-13-21(20)29-23)24-22(27)15-28-19-6-4-3-5-7-19/h3-14H,15H2,1-2H3,(H,24,27). The highest BCUT2D eigenvalue weighted by molar-refractivity contribution is 5.94. The Labute approximate surface area is 168 Å². The fourth-order valence-corrected chi connectivity index (χ4v) is 2.89. The highest BCUT2D eigenvalue weighted by atomic mass is 16.5. The average Bonchev–Trinajstić information content (AvgIpc) is 3.16. The molecule has 6 heteroatoms. The van der Waals surface area contributed by atoms with E-state index in [1.165, 1.54) is 0 Å². The zero-order valence-electron chi connectivity index (χ0n) is 16.3. The molecule has 4 aromatic rings. The predicted octanol–water partition coefficient (Wildman–Crippen LogP) is 4.58. The first-order valence-electron chi connectivity index (χ1n) is 9.24. The fraction of sp³-hybridized carbons (Fsp3) is 0.130. The zero-order chi connectivity index (χ0) is 20.2. The van der Waals surface area contributed by atoms with Crippen molar-refractivity contribution in [2.75, 3.05) is 30.9 Å². The lowest BCUT2D eigenvalue weighted by molar-refractivity contribution is -0.118. The van der Waals surface area contributed by atoms with Crippen molar-refractivity contribution < 1.29 is 13.9 Å². The number of rotatable bonds is 6. The van der Waals surface area contributed by atoms with Crippen molar-refractivity contribution in [1.82, 2.24) is 4.98 Å². The van der Waals surface area contributed by atoms with Gasteiger partial charge in [0, 0.05) is 31.0 Å². The third kappa shape index (κ3) is 4.38. The second-order valence-electron chi connectivity index (χ2n) is 6.79. The van der Waals surface area contributed by atoms with E-state index in [-0.39, 0.29) is 12.5 Å². The number of fused-ring (bicyclic) bond motifs is 1. The summed E-state index contributed by atoms with van der Waals surface area (Å²) in [7, 11) is 3.99. The molecule has 0 radical (unpaired) electrons. The molecule has 0 fully saturated rings. The minimum absolute atomic E-state index is 0.0651. The molecule has 0 spiro atoms. The number of oxazole rings is 1. The van der Waals surface area contributed by atoms with Crippen LogP contribution in [0.1, 0.15) is 0 Å². The molecule has 4 rings (SSSR count). The van der Waals surface area contributed by atoms with Crippen molar-refractivity contribution in [3.05, 3.63) is 72.8 Å². The number of ether oxygens (including phenoxy) is 1. The van der Waals surface area contributed by atoms with Crippen LogP contribution in [0.15, 0.2) is 77.2 Å². The summed E-state index contributed by atoms with van der Waals surface area (Å²) in [6.45, 7) is -0.0651. The first-order chi connectivity index (χ1) is 14.1. The van der Waals surface area contributed by atoms with Crippen molar-refractivity contribution in [2.24, 2.45) is 0 Å². The summed E-state index contributed by atoms with van der Waals surface area (Å²) < 4.78 is 11.3. The van der Waals surface area contributed by atoms with E-state index >= 15 is 0 Å². The van der Waals surface area contributed by atoms with Crippen LogP contribution in [0.5, 0.6) is 5.75 Å². The normalized spacial score (nSPS) is 10.7. The summed E-state index contributed by atoms with van der Waals surface area (Å²) in [6.07, 6.45) is 0. The molecule has 1 amide bonds. The molecule has 29 heavy (non-hydrogen) atoms. The van der Waals surface area contributed by atoms with Crippen LogP contribution in [0.2, 0.25) is 0 Å². The number of nitrogens with one attached hydrogen (secondary N) is 1. The van der Waals surface area contributed by atoms with Crippen molar-refractivity contribution in [1.29, 1.82) is 0 Å². The molecule has 0 aliphatic rings. The van der Waals surface area contributed by atoms with E-state index in [2.05, 4.69) is 10.3 Å². The van der Waals surface area contributed by atoms with Gasteiger partial charge in [-0.15, -0.1) is 0 Å². The number of carbonyl (C=O) groups excluding carboxylic acids is 1. The van der Waals surface area contributed by atoms with E-state index in [0.717, 1.165) is 11.3 Å². The average molecular weight is 387 g/mol. The van der Waals surface area contributed by atoms with Gasteiger partial charge in [-0.25, -0.2) is 4.98 Å². The molecule has 3 aromatic carbocycles. The summed E-state index contributed by atoms with van der Waals surface area (Å²) >= 11 is 0. The Morgan fingerprint density at radius 2 is 1.79 bits per heavy atom. The fourth-order valence-electron chi connectivity index (χ4n) is 2.89. The minimum Gasteiger partial charge on any atom is -0.484 e. The summed E-state index contributed by atoms with van der Waals surface area (Å²) in [4.78, 5) is 18.7. The Bertz CT molecular complexity index is 1120. The van der Waals surface area contributed by atoms with E-state index in [4.69, 9.17) is 9.15 Å². The molecular weight excluding hydrogens is 366 g/mol. The van der Waals surface area contributed by atoms with Gasteiger partial charge in [0.05, 0.1) is 0 Å². The van der Waals surface area contributed by atoms with E-state index in [9.17, 15) is 4.79 Å². The van der Waals surface area contributed by atoms with Gasteiger partial charge in [0.1, 0.15) is 11.3 Å². The SMILES string of the molecule is CN(C)c1ccc(-c2nc3cc(NC(=O)COc4ccccc4)ccc3o2)cc1. The lowest BCUT2D eigenvalue weighted by atomic mass is 10.2. The molecule has 1 N–H and O–H groups in total. The van der Waals surface area contributed by atoms with Crippen LogP contribution in [0.3, 0.4) is 0 Å². The lowest BCUT2D eigenvalue weighted by Gasteiger charge is -2.11. The lowest BCUT2D eigenvalue weighted by Crippen LogP contribution is -2.20. The molecule has 0 atom stereocenters. The second kappa shape index (κ2) is 8.06. The Balaban J connectivity index is 1.46. The van der Waals surface area contributed by atoms with Gasteiger partial charge in [-0.2, -0.15) is 0 Å². The van der Waals surface area contributed by atoms with Gasteiger partial charge in [0.2, 0.25) is 5.89 Å². The smallest absolute Gasteiger partial charge is 0.262 e. The first-order valence-corrected chi connectivity index (χ1v) is 9.24. The monoisotopic (exact) mass is 387 g/mol. The Kier molecular flexibility index (Phi) is 5.16. The minimum atomic E-state index is -0.240. The molecule has 0 bridgehead atoms. The molecule has 146 valence electrons. The third-order valence-electron chi connectivity index (χ3n) is 4.42. The van der Waals surface area contributed by atoms with Crippen LogP contribution < -0.4 is 15.0 Å². The highest BCUT2D eigenvalue weighted by Crippen LogP contribution is 2.27.